The second-order valence-electron chi connectivity index (χ2n) is 3.44. The molecule has 0 aliphatic carbocycles. The van der Waals surface area contributed by atoms with Crippen LogP contribution in [0.1, 0.15) is 18.6 Å². The molecule has 2 rings (SSSR count). The topological polar surface area (TPSA) is 64.9 Å². The zero-order chi connectivity index (χ0) is 12.3. The molecule has 0 amide bonds. The number of aromatic nitrogens is 2. The Labute approximate surface area is 112 Å². The first-order valence-corrected chi connectivity index (χ1v) is 6.96. The molecule has 0 unspecified atom stereocenters. The van der Waals surface area contributed by atoms with Gasteiger partial charge in [-0.25, -0.2) is 0 Å². The number of rotatable bonds is 4. The quantitative estimate of drug-likeness (QED) is 0.693. The zero-order valence-electron chi connectivity index (χ0n) is 9.31. The van der Waals surface area contributed by atoms with Gasteiger partial charge in [0, 0.05) is 21.5 Å². The van der Waals surface area contributed by atoms with E-state index in [-0.39, 0.29) is 0 Å². The van der Waals surface area contributed by atoms with Crippen LogP contribution in [0.2, 0.25) is 0 Å². The lowest BCUT2D eigenvalue weighted by Gasteiger charge is -2.02. The van der Waals surface area contributed by atoms with Crippen LogP contribution in [-0.2, 0) is 12.2 Å². The number of nitrogens with zero attached hydrogens (tertiary/aromatic N) is 2. The molecule has 1 heterocycles. The molecule has 90 valence electrons. The summed E-state index contributed by atoms with van der Waals surface area (Å²) in [5.41, 5.74) is 6.42. The molecule has 1 aromatic heterocycles. The Morgan fingerprint density at radius 1 is 1.47 bits per heavy atom. The van der Waals surface area contributed by atoms with Gasteiger partial charge in [-0.05, 0) is 34.1 Å². The Hall–Kier alpha value is -1.01. The fraction of sp³-hybridized carbons (Fsp3) is 0.273. The van der Waals surface area contributed by atoms with Crippen LogP contribution in [-0.4, -0.2) is 10.1 Å². The molecule has 0 fully saturated rings. The summed E-state index contributed by atoms with van der Waals surface area (Å²) in [5.74, 6) is 2.08. The highest BCUT2D eigenvalue weighted by Crippen LogP contribution is 2.30. The lowest BCUT2D eigenvalue weighted by molar-refractivity contribution is 0.378. The van der Waals surface area contributed by atoms with Crippen LogP contribution >= 0.6 is 27.7 Å². The number of benzene rings is 1. The molecule has 0 radical (unpaired) electrons. The first-order valence-electron chi connectivity index (χ1n) is 5.18. The lowest BCUT2D eigenvalue weighted by Crippen LogP contribution is -1.87. The van der Waals surface area contributed by atoms with Crippen LogP contribution in [0.25, 0.3) is 0 Å². The minimum atomic E-state index is 0.678. The molecule has 0 saturated heterocycles. The number of hydrogen-bond donors (Lipinski definition) is 1. The first-order chi connectivity index (χ1) is 8.19. The minimum absolute atomic E-state index is 0.678. The normalized spacial score (nSPS) is 10.7. The lowest BCUT2D eigenvalue weighted by atomic mass is 10.3. The number of nitrogens with two attached hydrogens (primary N) is 1. The van der Waals surface area contributed by atoms with Crippen molar-refractivity contribution < 1.29 is 4.52 Å². The van der Waals surface area contributed by atoms with E-state index in [0.29, 0.717) is 11.6 Å². The zero-order valence-corrected chi connectivity index (χ0v) is 11.7. The highest BCUT2D eigenvalue weighted by atomic mass is 79.9. The predicted octanol–water partition coefficient (Wildman–Crippen LogP) is 3.27. The monoisotopic (exact) mass is 313 g/mol. The number of nitrogen functional groups attached to an aromatic ring is 1. The van der Waals surface area contributed by atoms with Crippen molar-refractivity contribution in [3.63, 3.8) is 0 Å². The fourth-order valence-electron chi connectivity index (χ4n) is 1.27. The van der Waals surface area contributed by atoms with E-state index in [0.717, 1.165) is 27.3 Å². The largest absolute Gasteiger partial charge is 0.399 e. The SMILES string of the molecule is CCc1nc(CSc2ccc(N)cc2Br)no1. The van der Waals surface area contributed by atoms with Gasteiger partial charge in [0.2, 0.25) is 5.89 Å². The smallest absolute Gasteiger partial charge is 0.226 e. The Morgan fingerprint density at radius 2 is 2.29 bits per heavy atom. The summed E-state index contributed by atoms with van der Waals surface area (Å²) in [7, 11) is 0. The van der Waals surface area contributed by atoms with Crippen molar-refractivity contribution in [1.29, 1.82) is 0 Å². The number of thioether (sulfide) groups is 1. The van der Waals surface area contributed by atoms with E-state index in [1.807, 2.05) is 25.1 Å². The van der Waals surface area contributed by atoms with Gasteiger partial charge in [0.15, 0.2) is 5.82 Å². The van der Waals surface area contributed by atoms with Crippen molar-refractivity contribution in [1.82, 2.24) is 10.1 Å². The predicted molar refractivity (Wildman–Crippen MR) is 71.8 cm³/mol. The molecule has 6 heteroatoms. The Bertz CT molecular complexity index is 515. The summed E-state index contributed by atoms with van der Waals surface area (Å²) in [6.45, 7) is 1.99. The number of hydrogen-bond acceptors (Lipinski definition) is 5. The fourth-order valence-corrected chi connectivity index (χ4v) is 2.77. The van der Waals surface area contributed by atoms with Crippen molar-refractivity contribution in [3.05, 3.63) is 34.4 Å². The van der Waals surface area contributed by atoms with Crippen molar-refractivity contribution in [2.75, 3.05) is 5.73 Å². The van der Waals surface area contributed by atoms with Gasteiger partial charge in [-0.3, -0.25) is 0 Å². The van der Waals surface area contributed by atoms with Crippen LogP contribution in [0.4, 0.5) is 5.69 Å². The molecule has 0 aliphatic rings. The van der Waals surface area contributed by atoms with Gasteiger partial charge in [-0.1, -0.05) is 12.1 Å². The molecule has 0 saturated carbocycles. The molecule has 0 spiro atoms. The van der Waals surface area contributed by atoms with Gasteiger partial charge in [0.1, 0.15) is 0 Å². The van der Waals surface area contributed by atoms with E-state index in [1.54, 1.807) is 11.8 Å². The molecule has 2 N–H and O–H groups in total. The average Bonchev–Trinajstić information content (AvgIpc) is 2.76. The van der Waals surface area contributed by atoms with E-state index in [2.05, 4.69) is 26.1 Å². The Morgan fingerprint density at radius 3 is 2.94 bits per heavy atom. The third kappa shape index (κ3) is 3.23. The molecule has 1 aromatic carbocycles. The summed E-state index contributed by atoms with van der Waals surface area (Å²) < 4.78 is 6.03. The average molecular weight is 314 g/mol. The van der Waals surface area contributed by atoms with Crippen molar-refractivity contribution >= 4 is 33.4 Å². The number of anilines is 1. The van der Waals surface area contributed by atoms with Crippen LogP contribution in [0.3, 0.4) is 0 Å². The van der Waals surface area contributed by atoms with Gasteiger partial charge in [0.05, 0.1) is 5.75 Å². The third-order valence-electron chi connectivity index (χ3n) is 2.13. The standard InChI is InChI=1S/C11H12BrN3OS/c1-2-11-14-10(15-16-11)6-17-9-4-3-7(13)5-8(9)12/h3-5H,2,6,13H2,1H3. The van der Waals surface area contributed by atoms with Crippen LogP contribution in [0.15, 0.2) is 32.1 Å². The van der Waals surface area contributed by atoms with E-state index >= 15 is 0 Å². The van der Waals surface area contributed by atoms with Crippen molar-refractivity contribution in [3.8, 4) is 0 Å². The van der Waals surface area contributed by atoms with Gasteiger partial charge < -0.3 is 10.3 Å². The van der Waals surface area contributed by atoms with Crippen molar-refractivity contribution in [2.24, 2.45) is 0 Å². The number of halogens is 1. The summed E-state index contributed by atoms with van der Waals surface area (Å²) in [4.78, 5) is 5.37. The molecule has 0 atom stereocenters. The summed E-state index contributed by atoms with van der Waals surface area (Å²) in [6.07, 6.45) is 0.767. The highest BCUT2D eigenvalue weighted by Gasteiger charge is 2.07. The van der Waals surface area contributed by atoms with Crippen LogP contribution in [0.5, 0.6) is 0 Å². The molecule has 4 nitrogen and oxygen atoms in total. The van der Waals surface area contributed by atoms with Gasteiger partial charge in [-0.15, -0.1) is 11.8 Å². The third-order valence-corrected chi connectivity index (χ3v) is 4.11. The van der Waals surface area contributed by atoms with Crippen LogP contribution < -0.4 is 5.73 Å². The van der Waals surface area contributed by atoms with E-state index in [9.17, 15) is 0 Å². The van der Waals surface area contributed by atoms with Crippen LogP contribution in [0, 0.1) is 0 Å². The van der Waals surface area contributed by atoms with Gasteiger partial charge >= 0.3 is 0 Å². The maximum atomic E-state index is 5.68. The molecule has 17 heavy (non-hydrogen) atoms. The Kier molecular flexibility index (Phi) is 4.06. The molecule has 0 bridgehead atoms. The van der Waals surface area contributed by atoms with Gasteiger partial charge in [0.25, 0.3) is 0 Å². The number of aryl methyl sites for hydroxylation is 1. The maximum absolute atomic E-state index is 5.68. The molecule has 0 aliphatic heterocycles. The summed E-state index contributed by atoms with van der Waals surface area (Å²) in [6, 6.07) is 5.74. The van der Waals surface area contributed by atoms with E-state index in [1.165, 1.54) is 0 Å². The van der Waals surface area contributed by atoms with Gasteiger partial charge in [-0.2, -0.15) is 4.98 Å². The maximum Gasteiger partial charge on any atom is 0.226 e. The first kappa shape index (κ1) is 12.4. The second kappa shape index (κ2) is 5.55. The molecular weight excluding hydrogens is 302 g/mol. The van der Waals surface area contributed by atoms with E-state index in [4.69, 9.17) is 10.3 Å². The van der Waals surface area contributed by atoms with Crippen molar-refractivity contribution in [2.45, 2.75) is 24.0 Å². The summed E-state index contributed by atoms with van der Waals surface area (Å²) in [5, 5.41) is 3.90. The molecule has 2 aromatic rings. The summed E-state index contributed by atoms with van der Waals surface area (Å²) >= 11 is 5.12. The highest BCUT2D eigenvalue weighted by molar-refractivity contribution is 9.10. The minimum Gasteiger partial charge on any atom is -0.399 e. The Balaban J connectivity index is 2.02. The van der Waals surface area contributed by atoms with E-state index < -0.39 is 0 Å². The second-order valence-corrected chi connectivity index (χ2v) is 5.31. The molecular formula is C11H12BrN3OS.